The van der Waals surface area contributed by atoms with Gasteiger partial charge in [0.25, 0.3) is 0 Å². The zero-order valence-corrected chi connectivity index (χ0v) is 16.9. The second-order valence-corrected chi connectivity index (χ2v) is 8.60. The molecule has 1 amide bonds. The number of anilines is 1. The van der Waals surface area contributed by atoms with Crippen LogP contribution in [-0.2, 0) is 9.47 Å². The highest BCUT2D eigenvalue weighted by Crippen LogP contribution is 2.57. The third-order valence-corrected chi connectivity index (χ3v) is 5.00. The van der Waals surface area contributed by atoms with Gasteiger partial charge >= 0.3 is 12.1 Å². The summed E-state index contributed by atoms with van der Waals surface area (Å²) in [4.78, 5) is 29.9. The lowest BCUT2D eigenvalue weighted by molar-refractivity contribution is -0.146. The predicted octanol–water partition coefficient (Wildman–Crippen LogP) is 3.85. The number of halogens is 2. The van der Waals surface area contributed by atoms with Gasteiger partial charge in [-0.05, 0) is 39.3 Å². The Morgan fingerprint density at radius 1 is 1.24 bits per heavy atom. The number of ether oxygens (including phenoxy) is 2. The molecule has 1 aromatic heterocycles. The van der Waals surface area contributed by atoms with Gasteiger partial charge in [-0.3, -0.25) is 4.90 Å². The van der Waals surface area contributed by atoms with Crippen LogP contribution in [0.5, 0.6) is 0 Å². The summed E-state index contributed by atoms with van der Waals surface area (Å²) in [6.45, 7) is 5.45. The number of carbonyl (C=O) groups excluding carboxylic acids is 2. The number of alkyl halides is 2. The highest BCUT2D eigenvalue weighted by Gasteiger charge is 2.56. The van der Waals surface area contributed by atoms with Crippen molar-refractivity contribution in [3.05, 3.63) is 29.5 Å². The van der Waals surface area contributed by atoms with Crippen LogP contribution in [0.3, 0.4) is 0 Å². The maximum Gasteiger partial charge on any atom is 0.414 e. The number of carbonyl (C=O) groups is 2. The van der Waals surface area contributed by atoms with Gasteiger partial charge < -0.3 is 15.2 Å². The van der Waals surface area contributed by atoms with E-state index in [0.29, 0.717) is 17.7 Å². The fourth-order valence-corrected chi connectivity index (χ4v) is 3.79. The largest absolute Gasteiger partial charge is 0.464 e. The SMILES string of the molecule is COC(=O)c1ccc(C2=CC3(CCN2C(=O)OC(C)(C)C)CC(F)(F)C3)c(N)n1. The zero-order chi connectivity index (χ0) is 21.6. The fourth-order valence-electron chi connectivity index (χ4n) is 3.79. The average molecular weight is 409 g/mol. The molecule has 2 N–H and O–H groups in total. The van der Waals surface area contributed by atoms with E-state index < -0.39 is 29.0 Å². The summed E-state index contributed by atoms with van der Waals surface area (Å²) >= 11 is 0. The normalized spacial score (nSPS) is 19.9. The van der Waals surface area contributed by atoms with E-state index in [1.54, 1.807) is 26.8 Å². The number of aromatic nitrogens is 1. The molecule has 0 aromatic carbocycles. The first-order valence-corrected chi connectivity index (χ1v) is 9.31. The Bertz CT molecular complexity index is 869. The number of nitrogens with zero attached hydrogens (tertiary/aromatic N) is 2. The number of methoxy groups -OCH3 is 1. The smallest absolute Gasteiger partial charge is 0.414 e. The summed E-state index contributed by atoms with van der Waals surface area (Å²) in [6.07, 6.45) is 0.918. The van der Waals surface area contributed by atoms with Crippen molar-refractivity contribution in [3.63, 3.8) is 0 Å². The Balaban J connectivity index is 2.01. The highest BCUT2D eigenvalue weighted by molar-refractivity contribution is 5.90. The third kappa shape index (κ3) is 4.33. The van der Waals surface area contributed by atoms with Crippen LogP contribution in [0.15, 0.2) is 18.2 Å². The number of esters is 1. The van der Waals surface area contributed by atoms with Gasteiger partial charge in [0.05, 0.1) is 12.8 Å². The van der Waals surface area contributed by atoms with Crippen LogP contribution in [0.4, 0.5) is 19.4 Å². The molecule has 0 radical (unpaired) electrons. The lowest BCUT2D eigenvalue weighted by Crippen LogP contribution is -2.50. The summed E-state index contributed by atoms with van der Waals surface area (Å²) in [5.74, 6) is -3.37. The van der Waals surface area contributed by atoms with Crippen molar-refractivity contribution in [1.82, 2.24) is 9.88 Å². The molecule has 7 nitrogen and oxygen atoms in total. The Hall–Kier alpha value is -2.71. The van der Waals surface area contributed by atoms with E-state index >= 15 is 0 Å². The van der Waals surface area contributed by atoms with Gasteiger partial charge in [0.2, 0.25) is 5.92 Å². The van der Waals surface area contributed by atoms with Crippen LogP contribution >= 0.6 is 0 Å². The number of allylic oxidation sites excluding steroid dienone is 1. The van der Waals surface area contributed by atoms with Gasteiger partial charge in [-0.2, -0.15) is 0 Å². The average Bonchev–Trinajstić information content (AvgIpc) is 2.57. The van der Waals surface area contributed by atoms with Crippen LogP contribution in [-0.4, -0.2) is 47.1 Å². The van der Waals surface area contributed by atoms with Crippen molar-refractivity contribution in [2.75, 3.05) is 19.4 Å². The molecule has 1 fully saturated rings. The quantitative estimate of drug-likeness (QED) is 0.746. The molecule has 3 rings (SSSR count). The second-order valence-electron chi connectivity index (χ2n) is 8.60. The van der Waals surface area contributed by atoms with Crippen molar-refractivity contribution in [2.24, 2.45) is 5.41 Å². The molecular formula is C20H25F2N3O4. The Labute approximate surface area is 167 Å². The second kappa shape index (κ2) is 6.96. The number of hydrogen-bond donors (Lipinski definition) is 1. The molecule has 2 aliphatic rings. The monoisotopic (exact) mass is 409 g/mol. The van der Waals surface area contributed by atoms with Crippen molar-refractivity contribution in [2.45, 2.75) is 51.6 Å². The van der Waals surface area contributed by atoms with E-state index in [0.717, 1.165) is 0 Å². The van der Waals surface area contributed by atoms with E-state index in [9.17, 15) is 18.4 Å². The minimum atomic E-state index is -2.71. The van der Waals surface area contributed by atoms with Crippen LogP contribution in [0.2, 0.25) is 0 Å². The molecule has 0 unspecified atom stereocenters. The van der Waals surface area contributed by atoms with Crippen molar-refractivity contribution < 1.29 is 27.8 Å². The Morgan fingerprint density at radius 2 is 1.90 bits per heavy atom. The van der Waals surface area contributed by atoms with Gasteiger partial charge in [-0.1, -0.05) is 6.08 Å². The Morgan fingerprint density at radius 3 is 2.41 bits per heavy atom. The van der Waals surface area contributed by atoms with Crippen molar-refractivity contribution in [1.29, 1.82) is 0 Å². The molecule has 29 heavy (non-hydrogen) atoms. The number of hydrogen-bond acceptors (Lipinski definition) is 6. The zero-order valence-electron chi connectivity index (χ0n) is 16.9. The first-order valence-electron chi connectivity index (χ1n) is 9.31. The van der Waals surface area contributed by atoms with Crippen molar-refractivity contribution >= 4 is 23.6 Å². The van der Waals surface area contributed by atoms with E-state index in [1.807, 2.05) is 0 Å². The Kier molecular flexibility index (Phi) is 5.04. The van der Waals surface area contributed by atoms with E-state index in [2.05, 4.69) is 9.72 Å². The van der Waals surface area contributed by atoms with Gasteiger partial charge in [-0.15, -0.1) is 0 Å². The third-order valence-electron chi connectivity index (χ3n) is 5.00. The molecule has 1 spiro atoms. The summed E-state index contributed by atoms with van der Waals surface area (Å²) in [5, 5.41) is 0. The van der Waals surface area contributed by atoms with Gasteiger partial charge in [0.1, 0.15) is 11.4 Å². The summed E-state index contributed by atoms with van der Waals surface area (Å²) in [6, 6.07) is 2.95. The number of pyridine rings is 1. The number of amides is 1. The van der Waals surface area contributed by atoms with Crippen LogP contribution in [0.1, 0.15) is 56.1 Å². The fraction of sp³-hybridized carbons (Fsp3) is 0.550. The van der Waals surface area contributed by atoms with Gasteiger partial charge in [-0.25, -0.2) is 23.4 Å². The molecule has 1 aliphatic carbocycles. The minimum Gasteiger partial charge on any atom is -0.464 e. The predicted molar refractivity (Wildman–Crippen MR) is 102 cm³/mol. The molecule has 0 saturated heterocycles. The minimum absolute atomic E-state index is 0.00385. The first kappa shape index (κ1) is 21.0. The van der Waals surface area contributed by atoms with Crippen LogP contribution < -0.4 is 5.73 Å². The van der Waals surface area contributed by atoms with E-state index in [1.165, 1.54) is 24.1 Å². The molecule has 158 valence electrons. The maximum absolute atomic E-state index is 13.6. The van der Waals surface area contributed by atoms with E-state index in [-0.39, 0.29) is 30.9 Å². The summed E-state index contributed by atoms with van der Waals surface area (Å²) < 4.78 is 37.3. The topological polar surface area (TPSA) is 94.8 Å². The van der Waals surface area contributed by atoms with Gasteiger partial charge in [0, 0.05) is 30.4 Å². The molecule has 2 heterocycles. The molecule has 1 saturated carbocycles. The lowest BCUT2D eigenvalue weighted by Gasteiger charge is -2.49. The highest BCUT2D eigenvalue weighted by atomic mass is 19.3. The lowest BCUT2D eigenvalue weighted by atomic mass is 9.62. The van der Waals surface area contributed by atoms with Crippen LogP contribution in [0.25, 0.3) is 5.70 Å². The molecule has 0 bridgehead atoms. The van der Waals surface area contributed by atoms with E-state index in [4.69, 9.17) is 10.5 Å². The molecule has 1 aliphatic heterocycles. The maximum atomic E-state index is 13.6. The first-order chi connectivity index (χ1) is 13.3. The molecule has 1 aromatic rings. The van der Waals surface area contributed by atoms with Gasteiger partial charge in [0.15, 0.2) is 5.69 Å². The molecule has 0 atom stereocenters. The number of nitrogens with two attached hydrogens (primary N) is 1. The summed E-state index contributed by atoms with van der Waals surface area (Å²) in [5.41, 5.74) is 5.37. The van der Waals surface area contributed by atoms with Crippen LogP contribution in [0, 0.1) is 5.41 Å². The number of rotatable bonds is 2. The van der Waals surface area contributed by atoms with Crippen molar-refractivity contribution in [3.8, 4) is 0 Å². The summed E-state index contributed by atoms with van der Waals surface area (Å²) in [7, 11) is 1.22. The standard InChI is InChI=1S/C20H25F2N3O4/c1-18(2,3)29-17(27)25-8-7-19(10-20(21,22)11-19)9-14(25)12-5-6-13(16(26)28-4)24-15(12)23/h5-6,9H,7-8,10-11H2,1-4H3,(H2,23,24). The molecule has 9 heteroatoms. The number of nitrogen functional groups attached to an aromatic ring is 1. The molecular weight excluding hydrogens is 384 g/mol.